The van der Waals surface area contributed by atoms with E-state index in [1.165, 1.54) is 0 Å². The number of rotatable bonds is 5. The second kappa shape index (κ2) is 7.34. The number of hydrogen-bond donors (Lipinski definition) is 1. The first-order valence-electron chi connectivity index (χ1n) is 3.85. The van der Waals surface area contributed by atoms with E-state index in [2.05, 4.69) is 10.2 Å². The van der Waals surface area contributed by atoms with Crippen LogP contribution in [0.4, 0.5) is 4.79 Å². The highest BCUT2D eigenvalue weighted by Crippen LogP contribution is 1.85. The van der Waals surface area contributed by atoms with Crippen LogP contribution < -0.4 is 5.48 Å². The highest BCUT2D eigenvalue weighted by Gasteiger charge is 1.97. The van der Waals surface area contributed by atoms with E-state index in [0.717, 1.165) is 12.8 Å². The summed E-state index contributed by atoms with van der Waals surface area (Å²) in [6.45, 7) is 4.69. The molecule has 1 N–H and O–H groups in total. The van der Waals surface area contributed by atoms with E-state index in [0.29, 0.717) is 13.2 Å². The molecule has 0 heterocycles. The van der Waals surface area contributed by atoms with Gasteiger partial charge in [0.2, 0.25) is 0 Å². The Balaban J connectivity index is 3.04. The van der Waals surface area contributed by atoms with E-state index in [1.54, 1.807) is 6.92 Å². The maximum atomic E-state index is 10.5. The van der Waals surface area contributed by atoms with Crippen LogP contribution in [0.1, 0.15) is 26.7 Å². The van der Waals surface area contributed by atoms with Crippen LogP contribution in [0, 0.1) is 0 Å². The Kier molecular flexibility index (Phi) is 6.82. The van der Waals surface area contributed by atoms with Crippen LogP contribution in [0.2, 0.25) is 0 Å². The molecule has 0 rings (SSSR count). The monoisotopic (exact) mass is 161 g/mol. The molecule has 0 saturated heterocycles. The molecule has 0 fully saturated rings. The summed E-state index contributed by atoms with van der Waals surface area (Å²) in [4.78, 5) is 15.3. The summed E-state index contributed by atoms with van der Waals surface area (Å²) in [5, 5.41) is 0. The van der Waals surface area contributed by atoms with Gasteiger partial charge in [0.05, 0.1) is 13.2 Å². The van der Waals surface area contributed by atoms with Gasteiger partial charge >= 0.3 is 6.09 Å². The Morgan fingerprint density at radius 3 is 2.73 bits per heavy atom. The number of carbonyl (C=O) groups is 1. The van der Waals surface area contributed by atoms with Gasteiger partial charge in [-0.2, -0.15) is 5.48 Å². The molecule has 0 aromatic carbocycles. The smallest absolute Gasteiger partial charge is 0.431 e. The number of carbonyl (C=O) groups excluding carboxylic acids is 1. The van der Waals surface area contributed by atoms with Gasteiger partial charge in [0, 0.05) is 0 Å². The molecular weight excluding hydrogens is 146 g/mol. The Morgan fingerprint density at radius 1 is 1.45 bits per heavy atom. The van der Waals surface area contributed by atoms with Gasteiger partial charge < -0.3 is 4.74 Å². The van der Waals surface area contributed by atoms with Crippen LogP contribution in [0.15, 0.2) is 0 Å². The summed E-state index contributed by atoms with van der Waals surface area (Å²) in [5.41, 5.74) is 2.16. The van der Waals surface area contributed by atoms with Gasteiger partial charge in [-0.25, -0.2) is 4.79 Å². The van der Waals surface area contributed by atoms with Crippen molar-refractivity contribution in [3.8, 4) is 0 Å². The molecule has 0 radical (unpaired) electrons. The minimum absolute atomic E-state index is 0.364. The Labute approximate surface area is 66.8 Å². The molecule has 0 spiro atoms. The van der Waals surface area contributed by atoms with Gasteiger partial charge in [-0.05, 0) is 13.3 Å². The number of hydrogen-bond acceptors (Lipinski definition) is 3. The van der Waals surface area contributed by atoms with Crippen LogP contribution in [-0.2, 0) is 9.57 Å². The molecule has 0 atom stereocenters. The van der Waals surface area contributed by atoms with Crippen LogP contribution >= 0.6 is 0 Å². The van der Waals surface area contributed by atoms with Crippen molar-refractivity contribution in [2.45, 2.75) is 26.7 Å². The predicted octanol–water partition coefficient (Wildman–Crippen LogP) is 1.46. The quantitative estimate of drug-likeness (QED) is 0.490. The largest absolute Gasteiger partial charge is 0.448 e. The van der Waals surface area contributed by atoms with Crippen LogP contribution in [0.3, 0.4) is 0 Å². The van der Waals surface area contributed by atoms with Crippen molar-refractivity contribution in [1.29, 1.82) is 0 Å². The van der Waals surface area contributed by atoms with Crippen molar-refractivity contribution in [2.75, 3.05) is 13.2 Å². The summed E-state index contributed by atoms with van der Waals surface area (Å²) in [6, 6.07) is 0. The van der Waals surface area contributed by atoms with E-state index in [-0.39, 0.29) is 0 Å². The molecule has 1 amide bonds. The maximum absolute atomic E-state index is 10.5. The zero-order chi connectivity index (χ0) is 8.53. The highest BCUT2D eigenvalue weighted by molar-refractivity contribution is 5.65. The number of hydroxylamine groups is 1. The fourth-order valence-corrected chi connectivity index (χ4v) is 0.487. The van der Waals surface area contributed by atoms with Crippen molar-refractivity contribution in [3.05, 3.63) is 0 Å². The van der Waals surface area contributed by atoms with Crippen molar-refractivity contribution in [1.82, 2.24) is 5.48 Å². The molecule has 0 aromatic rings. The first kappa shape index (κ1) is 10.2. The third kappa shape index (κ3) is 7.12. The number of unbranched alkanes of at least 4 members (excludes halogenated alkanes) is 1. The SMILES string of the molecule is CCCCONC(=O)OCC. The van der Waals surface area contributed by atoms with E-state index in [4.69, 9.17) is 4.84 Å². The maximum Gasteiger partial charge on any atom is 0.431 e. The first-order chi connectivity index (χ1) is 5.31. The van der Waals surface area contributed by atoms with E-state index in [9.17, 15) is 4.79 Å². The standard InChI is InChI=1S/C7H15NO3/c1-3-5-6-11-8-7(9)10-4-2/h3-6H2,1-2H3,(H,8,9). The van der Waals surface area contributed by atoms with Crippen LogP contribution in [-0.4, -0.2) is 19.3 Å². The lowest BCUT2D eigenvalue weighted by atomic mass is 10.4. The normalized spacial score (nSPS) is 9.27. The average Bonchev–Trinajstić information content (AvgIpc) is 1.99. The second-order valence-electron chi connectivity index (χ2n) is 2.02. The lowest BCUT2D eigenvalue weighted by Crippen LogP contribution is -2.24. The van der Waals surface area contributed by atoms with Crippen molar-refractivity contribution in [3.63, 3.8) is 0 Å². The molecule has 0 aromatic heterocycles. The highest BCUT2D eigenvalue weighted by atomic mass is 16.7. The summed E-state index contributed by atoms with van der Waals surface area (Å²) in [5.74, 6) is 0. The average molecular weight is 161 g/mol. The van der Waals surface area contributed by atoms with Gasteiger partial charge in [0.25, 0.3) is 0 Å². The molecule has 0 bridgehead atoms. The van der Waals surface area contributed by atoms with Gasteiger partial charge in [0.15, 0.2) is 0 Å². The molecule has 0 aliphatic carbocycles. The minimum Gasteiger partial charge on any atom is -0.448 e. The first-order valence-corrected chi connectivity index (χ1v) is 3.85. The molecule has 0 unspecified atom stereocenters. The van der Waals surface area contributed by atoms with Crippen LogP contribution in [0.5, 0.6) is 0 Å². The molecule has 4 nitrogen and oxygen atoms in total. The van der Waals surface area contributed by atoms with E-state index < -0.39 is 6.09 Å². The Morgan fingerprint density at radius 2 is 2.18 bits per heavy atom. The zero-order valence-corrected chi connectivity index (χ0v) is 7.05. The van der Waals surface area contributed by atoms with Crippen molar-refractivity contribution >= 4 is 6.09 Å². The summed E-state index contributed by atoms with van der Waals surface area (Å²) >= 11 is 0. The molecular formula is C7H15NO3. The second-order valence-corrected chi connectivity index (χ2v) is 2.02. The number of nitrogens with one attached hydrogen (secondary N) is 1. The number of amides is 1. The summed E-state index contributed by atoms with van der Waals surface area (Å²) < 4.78 is 4.55. The predicted molar refractivity (Wildman–Crippen MR) is 41.0 cm³/mol. The van der Waals surface area contributed by atoms with Gasteiger partial charge in [-0.15, -0.1) is 0 Å². The fourth-order valence-electron chi connectivity index (χ4n) is 0.487. The van der Waals surface area contributed by atoms with E-state index >= 15 is 0 Å². The molecule has 11 heavy (non-hydrogen) atoms. The topological polar surface area (TPSA) is 47.6 Å². The minimum atomic E-state index is -0.524. The molecule has 4 heteroatoms. The Hall–Kier alpha value is -0.770. The summed E-state index contributed by atoms with van der Waals surface area (Å²) in [7, 11) is 0. The molecule has 0 aliphatic rings. The van der Waals surface area contributed by atoms with Crippen LogP contribution in [0.25, 0.3) is 0 Å². The lowest BCUT2D eigenvalue weighted by Gasteiger charge is -2.03. The molecule has 0 aliphatic heterocycles. The van der Waals surface area contributed by atoms with Gasteiger partial charge in [0.1, 0.15) is 0 Å². The van der Waals surface area contributed by atoms with Gasteiger partial charge in [-0.1, -0.05) is 13.3 Å². The third-order valence-corrected chi connectivity index (χ3v) is 1.03. The van der Waals surface area contributed by atoms with Crippen molar-refractivity contribution in [2.24, 2.45) is 0 Å². The van der Waals surface area contributed by atoms with Gasteiger partial charge in [-0.3, -0.25) is 4.84 Å². The van der Waals surface area contributed by atoms with Crippen molar-refractivity contribution < 1.29 is 14.4 Å². The Bertz CT molecular complexity index is 106. The molecule has 66 valence electrons. The lowest BCUT2D eigenvalue weighted by molar-refractivity contribution is 0.0282. The third-order valence-electron chi connectivity index (χ3n) is 1.03. The number of ether oxygens (including phenoxy) is 1. The zero-order valence-electron chi connectivity index (χ0n) is 7.05. The fraction of sp³-hybridized carbons (Fsp3) is 0.857. The van der Waals surface area contributed by atoms with E-state index in [1.807, 2.05) is 6.92 Å². The summed E-state index contributed by atoms with van der Waals surface area (Å²) in [6.07, 6.45) is 1.46. The molecule has 0 saturated carbocycles.